The van der Waals surface area contributed by atoms with Crippen LogP contribution in [0.1, 0.15) is 33.6 Å². The molecule has 0 aliphatic heterocycles. The summed E-state index contributed by atoms with van der Waals surface area (Å²) in [6.07, 6.45) is 1.79. The molecule has 0 rings (SSSR count). The zero-order chi connectivity index (χ0) is 12.4. The lowest BCUT2D eigenvalue weighted by Crippen LogP contribution is -2.38. The first-order chi connectivity index (χ1) is 7.67. The highest BCUT2D eigenvalue weighted by Crippen LogP contribution is 2.04. The summed E-state index contributed by atoms with van der Waals surface area (Å²) < 4.78 is 16.7. The van der Waals surface area contributed by atoms with E-state index in [1.54, 1.807) is 4.90 Å². The van der Waals surface area contributed by atoms with E-state index in [-0.39, 0.29) is 5.24 Å². The average molecular weight is 249 g/mol. The molecule has 5 heteroatoms. The maximum Gasteiger partial charge on any atom is 0.429 e. The number of carbonyl (C=O) groups excluding carboxylic acids is 1. The lowest BCUT2D eigenvalue weighted by molar-refractivity contribution is 0.163. The van der Waals surface area contributed by atoms with Gasteiger partial charge >= 0.3 is 5.24 Å². The molecule has 0 aromatic heterocycles. The molecular formula is C11H23NO3S. The fourth-order valence-corrected chi connectivity index (χ4v) is 2.26. The summed E-state index contributed by atoms with van der Waals surface area (Å²) in [5.41, 5.74) is 0. The van der Waals surface area contributed by atoms with Gasteiger partial charge < -0.3 is 9.29 Å². The Kier molecular flexibility index (Phi) is 9.77. The second kappa shape index (κ2) is 9.93. The highest BCUT2D eigenvalue weighted by molar-refractivity contribution is 8.05. The largest absolute Gasteiger partial charge is 0.608 e. The maximum atomic E-state index is 11.8. The molecular weight excluding hydrogens is 226 g/mol. The van der Waals surface area contributed by atoms with E-state index in [0.29, 0.717) is 32.1 Å². The molecule has 0 fully saturated rings. The van der Waals surface area contributed by atoms with Crippen LogP contribution in [-0.4, -0.2) is 46.7 Å². The first-order valence-electron chi connectivity index (χ1n) is 5.92. The maximum absolute atomic E-state index is 11.8. The minimum atomic E-state index is -1.44. The van der Waals surface area contributed by atoms with Gasteiger partial charge in [-0.05, 0) is 19.8 Å². The fourth-order valence-electron chi connectivity index (χ4n) is 1.34. The predicted octanol–water partition coefficient (Wildman–Crippen LogP) is 2.01. The van der Waals surface area contributed by atoms with Gasteiger partial charge in [-0.2, -0.15) is 0 Å². The van der Waals surface area contributed by atoms with Crippen LogP contribution in [0.4, 0.5) is 4.79 Å². The van der Waals surface area contributed by atoms with E-state index in [9.17, 15) is 9.35 Å². The molecule has 0 unspecified atom stereocenters. The molecule has 0 aliphatic rings. The summed E-state index contributed by atoms with van der Waals surface area (Å²) in [4.78, 5) is 13.5. The van der Waals surface area contributed by atoms with Gasteiger partial charge in [0.15, 0.2) is 0 Å². The Morgan fingerprint density at radius 3 is 2.25 bits per heavy atom. The van der Waals surface area contributed by atoms with E-state index >= 15 is 0 Å². The highest BCUT2D eigenvalue weighted by atomic mass is 32.2. The van der Waals surface area contributed by atoms with Crippen LogP contribution in [0.25, 0.3) is 0 Å². The molecule has 0 bridgehead atoms. The molecule has 0 radical (unpaired) electrons. The Balaban J connectivity index is 4.03. The van der Waals surface area contributed by atoms with Crippen molar-refractivity contribution in [1.82, 2.24) is 4.90 Å². The Morgan fingerprint density at radius 2 is 1.81 bits per heavy atom. The van der Waals surface area contributed by atoms with Crippen molar-refractivity contribution >= 4 is 16.4 Å². The van der Waals surface area contributed by atoms with Crippen LogP contribution >= 0.6 is 0 Å². The van der Waals surface area contributed by atoms with E-state index in [4.69, 9.17) is 4.74 Å². The van der Waals surface area contributed by atoms with Crippen molar-refractivity contribution in [1.29, 1.82) is 0 Å². The zero-order valence-electron chi connectivity index (χ0n) is 10.5. The van der Waals surface area contributed by atoms with Gasteiger partial charge in [0.1, 0.15) is 5.75 Å². The van der Waals surface area contributed by atoms with Crippen molar-refractivity contribution in [2.75, 3.05) is 32.1 Å². The van der Waals surface area contributed by atoms with Gasteiger partial charge in [-0.25, -0.2) is 4.79 Å². The molecule has 96 valence electrons. The van der Waals surface area contributed by atoms with Crippen molar-refractivity contribution in [2.24, 2.45) is 0 Å². The number of carbonyl (C=O) groups is 1. The van der Waals surface area contributed by atoms with Gasteiger partial charge in [0.25, 0.3) is 0 Å². The number of nitrogens with zero attached hydrogens (tertiary/aromatic N) is 1. The minimum absolute atomic E-state index is 0.247. The second-order valence-electron chi connectivity index (χ2n) is 3.50. The Morgan fingerprint density at radius 1 is 1.25 bits per heavy atom. The summed E-state index contributed by atoms with van der Waals surface area (Å²) in [6.45, 7) is 8.27. The summed E-state index contributed by atoms with van der Waals surface area (Å²) in [5, 5.41) is -0.247. The average Bonchev–Trinajstić information content (AvgIpc) is 2.28. The number of ether oxygens (including phenoxy) is 1. The number of rotatable bonds is 8. The normalized spacial score (nSPS) is 12.5. The predicted molar refractivity (Wildman–Crippen MR) is 67.1 cm³/mol. The molecule has 0 saturated heterocycles. The number of hydrogen-bond donors (Lipinski definition) is 0. The SMILES string of the molecule is CCCN(CCC)C(=O)[S@@+]([O-])CCOCC. The minimum Gasteiger partial charge on any atom is -0.608 e. The van der Waals surface area contributed by atoms with Crippen molar-refractivity contribution in [3.8, 4) is 0 Å². The Hall–Kier alpha value is -0.260. The lowest BCUT2D eigenvalue weighted by atomic mass is 10.4. The Labute approximate surface area is 102 Å². The van der Waals surface area contributed by atoms with E-state index in [0.717, 1.165) is 12.8 Å². The number of amides is 1. The van der Waals surface area contributed by atoms with Crippen LogP contribution in [0.3, 0.4) is 0 Å². The first-order valence-corrected chi connectivity index (χ1v) is 7.24. The smallest absolute Gasteiger partial charge is 0.429 e. The van der Waals surface area contributed by atoms with Gasteiger partial charge in [-0.3, -0.25) is 4.90 Å². The van der Waals surface area contributed by atoms with Gasteiger partial charge in [-0.15, -0.1) is 0 Å². The van der Waals surface area contributed by atoms with Crippen LogP contribution in [0.15, 0.2) is 0 Å². The summed E-state index contributed by atoms with van der Waals surface area (Å²) in [5.74, 6) is 0.302. The molecule has 1 amide bonds. The third-order valence-electron chi connectivity index (χ3n) is 2.06. The van der Waals surface area contributed by atoms with Crippen LogP contribution < -0.4 is 0 Å². The molecule has 16 heavy (non-hydrogen) atoms. The molecule has 0 heterocycles. The fraction of sp³-hybridized carbons (Fsp3) is 0.909. The van der Waals surface area contributed by atoms with E-state index in [1.807, 2.05) is 20.8 Å². The molecule has 0 spiro atoms. The van der Waals surface area contributed by atoms with Crippen molar-refractivity contribution in [3.05, 3.63) is 0 Å². The summed E-state index contributed by atoms with van der Waals surface area (Å²) in [7, 11) is 0. The molecule has 0 N–H and O–H groups in total. The van der Waals surface area contributed by atoms with Crippen LogP contribution in [0.2, 0.25) is 0 Å². The van der Waals surface area contributed by atoms with Crippen molar-refractivity contribution in [3.63, 3.8) is 0 Å². The van der Waals surface area contributed by atoms with Gasteiger partial charge in [-0.1, -0.05) is 13.8 Å². The molecule has 0 aromatic rings. The quantitative estimate of drug-likeness (QED) is 0.488. The van der Waals surface area contributed by atoms with Gasteiger partial charge in [0.05, 0.1) is 6.61 Å². The number of hydrogen-bond acceptors (Lipinski definition) is 3. The van der Waals surface area contributed by atoms with Crippen LogP contribution in [0.5, 0.6) is 0 Å². The summed E-state index contributed by atoms with van der Waals surface area (Å²) >= 11 is -1.44. The molecule has 4 nitrogen and oxygen atoms in total. The van der Waals surface area contributed by atoms with Crippen molar-refractivity contribution in [2.45, 2.75) is 33.6 Å². The van der Waals surface area contributed by atoms with E-state index in [2.05, 4.69) is 0 Å². The topological polar surface area (TPSA) is 52.6 Å². The van der Waals surface area contributed by atoms with Crippen molar-refractivity contribution < 1.29 is 14.1 Å². The molecule has 0 aromatic carbocycles. The van der Waals surface area contributed by atoms with Gasteiger partial charge in [0, 0.05) is 30.9 Å². The van der Waals surface area contributed by atoms with Crippen LogP contribution in [0, 0.1) is 0 Å². The third-order valence-corrected chi connectivity index (χ3v) is 3.24. The summed E-state index contributed by atoms with van der Waals surface area (Å²) in [6, 6.07) is 0. The lowest BCUT2D eigenvalue weighted by Gasteiger charge is -2.21. The van der Waals surface area contributed by atoms with Gasteiger partial charge in [0.2, 0.25) is 0 Å². The third kappa shape index (κ3) is 6.35. The second-order valence-corrected chi connectivity index (χ2v) is 4.95. The standard InChI is InChI=1S/C11H23NO3S/c1-4-7-12(8-5-2)11(13)16(14)10-9-15-6-3/h4-10H2,1-3H3/t16-/m0/s1. The monoisotopic (exact) mass is 249 g/mol. The zero-order valence-corrected chi connectivity index (χ0v) is 11.3. The highest BCUT2D eigenvalue weighted by Gasteiger charge is 2.24. The Bertz CT molecular complexity index is 184. The first kappa shape index (κ1) is 15.7. The molecule has 1 atom stereocenters. The molecule has 0 aliphatic carbocycles. The van der Waals surface area contributed by atoms with E-state index in [1.165, 1.54) is 0 Å². The molecule has 0 saturated carbocycles. The van der Waals surface area contributed by atoms with Crippen LogP contribution in [-0.2, 0) is 15.9 Å². The van der Waals surface area contributed by atoms with E-state index < -0.39 is 11.2 Å².